The molecule has 7 nitrogen and oxygen atoms in total. The van der Waals surface area contributed by atoms with Gasteiger partial charge in [0, 0.05) is 32.4 Å². The fourth-order valence-electron chi connectivity index (χ4n) is 4.08. The minimum atomic E-state index is -0.288. The number of amides is 2. The molecule has 4 rings (SSSR count). The lowest BCUT2D eigenvalue weighted by molar-refractivity contribution is 0.214. The van der Waals surface area contributed by atoms with Crippen molar-refractivity contribution in [3.05, 3.63) is 18.6 Å². The Kier molecular flexibility index (Phi) is 2.95. The number of nitrogens with two attached hydrogens (primary N) is 1. The van der Waals surface area contributed by atoms with Crippen LogP contribution in [0.1, 0.15) is 12.8 Å². The zero-order valence-corrected chi connectivity index (χ0v) is 12.6. The molecular formula is C15H20N6O. The Hall–Kier alpha value is -2.31. The van der Waals surface area contributed by atoms with E-state index in [-0.39, 0.29) is 6.03 Å². The summed E-state index contributed by atoms with van der Waals surface area (Å²) in [5.74, 6) is 2.09. The first-order valence-electron chi connectivity index (χ1n) is 7.68. The van der Waals surface area contributed by atoms with E-state index in [0.717, 1.165) is 42.8 Å². The summed E-state index contributed by atoms with van der Waals surface area (Å²) in [6.45, 7) is 1.60. The van der Waals surface area contributed by atoms with Crippen molar-refractivity contribution in [2.45, 2.75) is 18.9 Å². The summed E-state index contributed by atoms with van der Waals surface area (Å²) in [4.78, 5) is 27.2. The maximum atomic E-state index is 11.3. The SMILES string of the molecule is CN(c1ncnc2[nH]ccc12)C1CC2CN(C(N)=O)CC2C1. The normalized spacial score (nSPS) is 27.3. The van der Waals surface area contributed by atoms with Gasteiger partial charge >= 0.3 is 6.03 Å². The number of urea groups is 1. The van der Waals surface area contributed by atoms with Gasteiger partial charge in [0.25, 0.3) is 0 Å². The third kappa shape index (κ3) is 2.00. The molecule has 22 heavy (non-hydrogen) atoms. The maximum absolute atomic E-state index is 11.3. The Balaban J connectivity index is 1.53. The highest BCUT2D eigenvalue weighted by atomic mass is 16.2. The minimum Gasteiger partial charge on any atom is -0.356 e. The second-order valence-electron chi connectivity index (χ2n) is 6.44. The summed E-state index contributed by atoms with van der Waals surface area (Å²) < 4.78 is 0. The molecule has 1 saturated heterocycles. The highest BCUT2D eigenvalue weighted by Gasteiger charge is 2.43. The Bertz CT molecular complexity index is 699. The van der Waals surface area contributed by atoms with E-state index in [0.29, 0.717) is 17.9 Å². The Morgan fingerprint density at radius 1 is 1.36 bits per heavy atom. The fraction of sp³-hybridized carbons (Fsp3) is 0.533. The van der Waals surface area contributed by atoms with Gasteiger partial charge in [0.15, 0.2) is 0 Å². The van der Waals surface area contributed by atoms with Crippen molar-refractivity contribution >= 4 is 22.9 Å². The molecule has 2 unspecified atom stereocenters. The molecule has 3 N–H and O–H groups in total. The van der Waals surface area contributed by atoms with Crippen molar-refractivity contribution in [1.29, 1.82) is 0 Å². The molecule has 1 saturated carbocycles. The van der Waals surface area contributed by atoms with Gasteiger partial charge in [-0.1, -0.05) is 0 Å². The molecule has 2 atom stereocenters. The number of anilines is 1. The quantitative estimate of drug-likeness (QED) is 0.871. The van der Waals surface area contributed by atoms with Crippen molar-refractivity contribution in [2.24, 2.45) is 17.6 Å². The molecular weight excluding hydrogens is 280 g/mol. The highest BCUT2D eigenvalue weighted by molar-refractivity contribution is 5.87. The third-order valence-electron chi connectivity index (χ3n) is 5.25. The first-order valence-corrected chi connectivity index (χ1v) is 7.68. The molecule has 2 aliphatic rings. The predicted octanol–water partition coefficient (Wildman–Crippen LogP) is 1.18. The number of primary amides is 1. The molecule has 0 bridgehead atoms. The number of hydrogen-bond acceptors (Lipinski definition) is 4. The number of carbonyl (C=O) groups excluding carboxylic acids is 1. The second-order valence-corrected chi connectivity index (χ2v) is 6.44. The Morgan fingerprint density at radius 3 is 2.77 bits per heavy atom. The van der Waals surface area contributed by atoms with Gasteiger partial charge in [0.1, 0.15) is 17.8 Å². The van der Waals surface area contributed by atoms with Crippen LogP contribution in [0.3, 0.4) is 0 Å². The van der Waals surface area contributed by atoms with E-state index in [1.807, 2.05) is 12.3 Å². The zero-order chi connectivity index (χ0) is 15.3. The summed E-state index contributed by atoms with van der Waals surface area (Å²) >= 11 is 0. The van der Waals surface area contributed by atoms with Gasteiger partial charge in [0.05, 0.1) is 5.39 Å². The number of rotatable bonds is 2. The molecule has 0 radical (unpaired) electrons. The van der Waals surface area contributed by atoms with Gasteiger partial charge in [0.2, 0.25) is 0 Å². The van der Waals surface area contributed by atoms with Gasteiger partial charge < -0.3 is 20.5 Å². The molecule has 7 heteroatoms. The summed E-state index contributed by atoms with van der Waals surface area (Å²) in [7, 11) is 2.10. The second kappa shape index (κ2) is 4.86. The van der Waals surface area contributed by atoms with Crippen molar-refractivity contribution in [3.8, 4) is 0 Å². The molecule has 2 fully saturated rings. The van der Waals surface area contributed by atoms with Gasteiger partial charge in [-0.25, -0.2) is 14.8 Å². The fourth-order valence-corrected chi connectivity index (χ4v) is 4.08. The van der Waals surface area contributed by atoms with Crippen molar-refractivity contribution < 1.29 is 4.79 Å². The number of likely N-dealkylation sites (tertiary alicyclic amines) is 1. The lowest BCUT2D eigenvalue weighted by Gasteiger charge is -2.27. The van der Waals surface area contributed by atoms with Gasteiger partial charge in [-0.05, 0) is 30.7 Å². The van der Waals surface area contributed by atoms with Crippen LogP contribution in [0.4, 0.5) is 10.6 Å². The van der Waals surface area contributed by atoms with E-state index in [1.54, 1.807) is 11.2 Å². The van der Waals surface area contributed by atoms with Crippen LogP contribution in [0, 0.1) is 11.8 Å². The molecule has 1 aliphatic carbocycles. The van der Waals surface area contributed by atoms with Crippen LogP contribution in [0.15, 0.2) is 18.6 Å². The molecule has 3 heterocycles. The summed E-state index contributed by atoms with van der Waals surface area (Å²) in [6, 6.07) is 2.19. The molecule has 1 aliphatic heterocycles. The van der Waals surface area contributed by atoms with Crippen LogP contribution in [0.25, 0.3) is 11.0 Å². The van der Waals surface area contributed by atoms with E-state index < -0.39 is 0 Å². The average molecular weight is 300 g/mol. The molecule has 116 valence electrons. The maximum Gasteiger partial charge on any atom is 0.314 e. The Labute approximate surface area is 128 Å². The minimum absolute atomic E-state index is 0.288. The van der Waals surface area contributed by atoms with Crippen molar-refractivity contribution in [3.63, 3.8) is 0 Å². The van der Waals surface area contributed by atoms with E-state index in [9.17, 15) is 4.79 Å². The number of nitrogens with one attached hydrogen (secondary N) is 1. The first-order chi connectivity index (χ1) is 10.6. The van der Waals surface area contributed by atoms with Gasteiger partial charge in [-0.2, -0.15) is 0 Å². The van der Waals surface area contributed by atoms with E-state index in [1.165, 1.54) is 0 Å². The van der Waals surface area contributed by atoms with Crippen LogP contribution in [-0.2, 0) is 0 Å². The number of aromatic nitrogens is 3. The standard InChI is InChI=1S/C15H20N6O/c1-20(14-12-2-3-17-13(12)18-8-19-14)11-4-9-6-21(15(16)22)7-10(9)5-11/h2-3,8-11H,4-7H2,1H3,(H2,16,22)(H,17,18,19). The number of aromatic amines is 1. The highest BCUT2D eigenvalue weighted by Crippen LogP contribution is 2.41. The van der Waals surface area contributed by atoms with Crippen molar-refractivity contribution in [1.82, 2.24) is 19.9 Å². The van der Waals surface area contributed by atoms with E-state index >= 15 is 0 Å². The summed E-state index contributed by atoms with van der Waals surface area (Å²) in [6.07, 6.45) is 5.67. The number of nitrogens with zero attached hydrogens (tertiary/aromatic N) is 4. The monoisotopic (exact) mass is 300 g/mol. The first kappa shape index (κ1) is 13.4. The lowest BCUT2D eigenvalue weighted by atomic mass is 10.0. The molecule has 2 aromatic rings. The third-order valence-corrected chi connectivity index (χ3v) is 5.25. The van der Waals surface area contributed by atoms with E-state index in [2.05, 4.69) is 26.9 Å². The number of hydrogen-bond donors (Lipinski definition) is 2. The summed E-state index contributed by atoms with van der Waals surface area (Å²) in [5.41, 5.74) is 6.26. The lowest BCUT2D eigenvalue weighted by Crippen LogP contribution is -2.37. The molecule has 2 amide bonds. The number of H-pyrrole nitrogens is 1. The number of carbonyl (C=O) groups is 1. The molecule has 0 aromatic carbocycles. The summed E-state index contributed by atoms with van der Waals surface area (Å²) in [5, 5.41) is 1.06. The van der Waals surface area contributed by atoms with Crippen LogP contribution in [0.2, 0.25) is 0 Å². The smallest absolute Gasteiger partial charge is 0.314 e. The zero-order valence-electron chi connectivity index (χ0n) is 12.6. The Morgan fingerprint density at radius 2 is 2.09 bits per heavy atom. The van der Waals surface area contributed by atoms with Crippen molar-refractivity contribution in [2.75, 3.05) is 25.0 Å². The van der Waals surface area contributed by atoms with Gasteiger partial charge in [-0.15, -0.1) is 0 Å². The van der Waals surface area contributed by atoms with Crippen LogP contribution >= 0.6 is 0 Å². The molecule has 0 spiro atoms. The van der Waals surface area contributed by atoms with Crippen LogP contribution < -0.4 is 10.6 Å². The average Bonchev–Trinajstić information content (AvgIpc) is 3.18. The largest absolute Gasteiger partial charge is 0.356 e. The van der Waals surface area contributed by atoms with Crippen LogP contribution in [-0.4, -0.2) is 52.1 Å². The van der Waals surface area contributed by atoms with Gasteiger partial charge in [-0.3, -0.25) is 0 Å². The van der Waals surface area contributed by atoms with E-state index in [4.69, 9.17) is 5.73 Å². The number of fused-ring (bicyclic) bond motifs is 2. The predicted molar refractivity (Wildman–Crippen MR) is 83.5 cm³/mol. The topological polar surface area (TPSA) is 91.1 Å². The molecule has 2 aromatic heterocycles. The van der Waals surface area contributed by atoms with Crippen LogP contribution in [0.5, 0.6) is 0 Å².